The third-order valence-electron chi connectivity index (χ3n) is 7.93. The van der Waals surface area contributed by atoms with E-state index in [4.69, 9.17) is 4.98 Å². The van der Waals surface area contributed by atoms with Gasteiger partial charge in [-0.25, -0.2) is 0 Å². The monoisotopic (exact) mass is 488 g/mol. The molecule has 0 bridgehead atoms. The van der Waals surface area contributed by atoms with Gasteiger partial charge in [-0.1, -0.05) is 129 Å². The van der Waals surface area contributed by atoms with Gasteiger partial charge in [0.25, 0.3) is 0 Å². The lowest BCUT2D eigenvalue weighted by molar-refractivity contribution is 0.633. The number of hydrogen-bond acceptors (Lipinski definition) is 2. The second kappa shape index (κ2) is 8.71. The number of anilines is 3. The summed E-state index contributed by atoms with van der Waals surface area (Å²) in [6.07, 6.45) is 4.04. The molecule has 0 atom stereocenters. The van der Waals surface area contributed by atoms with Crippen LogP contribution in [-0.2, 0) is 5.41 Å². The predicted molar refractivity (Wildman–Crippen MR) is 159 cm³/mol. The highest BCUT2D eigenvalue weighted by Crippen LogP contribution is 2.56. The lowest BCUT2D eigenvalue weighted by Gasteiger charge is -2.43. The fourth-order valence-corrected chi connectivity index (χ4v) is 6.05. The molecule has 7 rings (SSSR count). The van der Waals surface area contributed by atoms with E-state index in [0.717, 1.165) is 27.9 Å². The summed E-state index contributed by atoms with van der Waals surface area (Å²) in [4.78, 5) is 7.27. The molecule has 0 radical (unpaired) electrons. The zero-order valence-electron chi connectivity index (χ0n) is 21.6. The first kappa shape index (κ1) is 22.5. The lowest BCUT2D eigenvalue weighted by atomic mass is 9.72. The maximum absolute atomic E-state index is 4.77. The number of rotatable bonds is 3. The van der Waals surface area contributed by atoms with E-state index >= 15 is 0 Å². The fraction of sp³-hybridized carbons (Fsp3) is 0.0833. The summed E-state index contributed by atoms with van der Waals surface area (Å²) in [6, 6.07) is 43.5. The predicted octanol–water partition coefficient (Wildman–Crippen LogP) is 9.68. The van der Waals surface area contributed by atoms with Crippen molar-refractivity contribution in [3.63, 3.8) is 0 Å². The van der Waals surface area contributed by atoms with Crippen LogP contribution >= 0.6 is 0 Å². The molecule has 1 aliphatic heterocycles. The van der Waals surface area contributed by atoms with Gasteiger partial charge in [0.1, 0.15) is 0 Å². The number of aromatic nitrogens is 1. The van der Waals surface area contributed by atoms with Crippen molar-refractivity contribution in [1.29, 1.82) is 0 Å². The summed E-state index contributed by atoms with van der Waals surface area (Å²) in [7, 11) is 0. The van der Waals surface area contributed by atoms with Crippen molar-refractivity contribution in [2.45, 2.75) is 19.3 Å². The van der Waals surface area contributed by atoms with Crippen molar-refractivity contribution >= 4 is 27.8 Å². The van der Waals surface area contributed by atoms with Gasteiger partial charge in [-0.15, -0.1) is 0 Å². The molecule has 1 aliphatic rings. The second-order valence-corrected chi connectivity index (χ2v) is 10.5. The van der Waals surface area contributed by atoms with Crippen LogP contribution in [0, 0.1) is 0 Å². The van der Waals surface area contributed by atoms with E-state index in [1.165, 1.54) is 33.3 Å². The third-order valence-corrected chi connectivity index (χ3v) is 7.93. The van der Waals surface area contributed by atoms with E-state index < -0.39 is 0 Å². The average molecular weight is 489 g/mol. The van der Waals surface area contributed by atoms with Crippen molar-refractivity contribution < 1.29 is 0 Å². The van der Waals surface area contributed by atoms with Crippen LogP contribution in [0.1, 0.15) is 25.0 Å². The summed E-state index contributed by atoms with van der Waals surface area (Å²) < 4.78 is 0. The van der Waals surface area contributed by atoms with Crippen molar-refractivity contribution in [2.75, 3.05) is 4.90 Å². The molecular formula is C36H28N2. The van der Waals surface area contributed by atoms with Crippen molar-refractivity contribution in [1.82, 2.24) is 4.98 Å². The van der Waals surface area contributed by atoms with Crippen LogP contribution in [0.5, 0.6) is 0 Å². The molecule has 0 saturated heterocycles. The van der Waals surface area contributed by atoms with Crippen LogP contribution in [0.3, 0.4) is 0 Å². The van der Waals surface area contributed by atoms with Gasteiger partial charge in [-0.3, -0.25) is 4.98 Å². The van der Waals surface area contributed by atoms with E-state index in [1.54, 1.807) is 0 Å². The largest absolute Gasteiger partial charge is 0.308 e. The van der Waals surface area contributed by atoms with Crippen molar-refractivity contribution in [2.24, 2.45) is 0 Å². The number of benzene rings is 5. The molecule has 1 aromatic heterocycles. The Morgan fingerprint density at radius 3 is 1.79 bits per heavy atom. The highest BCUT2D eigenvalue weighted by Gasteiger charge is 2.39. The Hall–Kier alpha value is -4.69. The number of pyridine rings is 1. The Kier molecular flexibility index (Phi) is 5.16. The second-order valence-electron chi connectivity index (χ2n) is 10.5. The first-order valence-corrected chi connectivity index (χ1v) is 13.2. The molecule has 0 spiro atoms. The van der Waals surface area contributed by atoms with Gasteiger partial charge in [-0.05, 0) is 33.7 Å². The van der Waals surface area contributed by atoms with Crippen LogP contribution in [0.25, 0.3) is 33.0 Å². The molecule has 0 fully saturated rings. The maximum Gasteiger partial charge on any atom is 0.0649 e. The topological polar surface area (TPSA) is 16.1 Å². The zero-order chi connectivity index (χ0) is 25.7. The Bertz CT molecular complexity index is 1730. The average Bonchev–Trinajstić information content (AvgIpc) is 2.98. The molecule has 2 heteroatoms. The van der Waals surface area contributed by atoms with E-state index in [1.807, 2.05) is 12.4 Å². The molecule has 182 valence electrons. The quantitative estimate of drug-likeness (QED) is 0.246. The SMILES string of the molecule is CC1(C)c2ccccc2N(c2c(-c3ccccc3)cncc2-c2ccccc2)c2c1ccc1ccccc21. The normalized spacial score (nSPS) is 13.7. The van der Waals surface area contributed by atoms with Crippen LogP contribution in [-0.4, -0.2) is 4.98 Å². The number of hydrogen-bond donors (Lipinski definition) is 0. The summed E-state index contributed by atoms with van der Waals surface area (Å²) in [5, 5.41) is 2.49. The van der Waals surface area contributed by atoms with Crippen LogP contribution in [0.4, 0.5) is 17.1 Å². The van der Waals surface area contributed by atoms with E-state index in [0.29, 0.717) is 0 Å². The van der Waals surface area contributed by atoms with Crippen LogP contribution < -0.4 is 4.90 Å². The Morgan fingerprint density at radius 1 is 0.526 bits per heavy atom. The Labute approximate surface area is 223 Å². The molecule has 6 aromatic rings. The minimum absolute atomic E-state index is 0.153. The standard InChI is InChI=1S/C36H28N2/c1-36(2)31-19-11-12-20-33(31)38(35-28-18-10-9-17-27(28)21-22-32(35)36)34-29(25-13-5-3-6-14-25)23-37-24-30(34)26-15-7-4-8-16-26/h3-24H,1-2H3. The van der Waals surface area contributed by atoms with E-state index in [-0.39, 0.29) is 5.41 Å². The van der Waals surface area contributed by atoms with Gasteiger partial charge < -0.3 is 4.90 Å². The summed E-state index contributed by atoms with van der Waals surface area (Å²) in [6.45, 7) is 4.69. The molecule has 2 nitrogen and oxygen atoms in total. The minimum Gasteiger partial charge on any atom is -0.308 e. The molecule has 0 saturated carbocycles. The third kappa shape index (κ3) is 3.38. The van der Waals surface area contributed by atoms with E-state index in [2.05, 4.69) is 140 Å². The minimum atomic E-state index is -0.153. The van der Waals surface area contributed by atoms with Gasteiger partial charge in [0, 0.05) is 34.3 Å². The smallest absolute Gasteiger partial charge is 0.0649 e. The maximum atomic E-state index is 4.77. The highest BCUT2D eigenvalue weighted by atomic mass is 15.2. The summed E-state index contributed by atoms with van der Waals surface area (Å²) in [5.41, 5.74) is 10.6. The fourth-order valence-electron chi connectivity index (χ4n) is 6.05. The summed E-state index contributed by atoms with van der Waals surface area (Å²) >= 11 is 0. The van der Waals surface area contributed by atoms with Crippen LogP contribution in [0.2, 0.25) is 0 Å². The lowest BCUT2D eigenvalue weighted by Crippen LogP contribution is -2.31. The molecule has 0 amide bonds. The number of nitrogens with zero attached hydrogens (tertiary/aromatic N) is 2. The number of para-hydroxylation sites is 1. The van der Waals surface area contributed by atoms with Gasteiger partial charge in [0.05, 0.1) is 17.1 Å². The zero-order valence-corrected chi connectivity index (χ0v) is 21.6. The summed E-state index contributed by atoms with van der Waals surface area (Å²) in [5.74, 6) is 0. The van der Waals surface area contributed by atoms with Crippen molar-refractivity contribution in [3.8, 4) is 22.3 Å². The highest BCUT2D eigenvalue weighted by molar-refractivity contribution is 6.07. The number of fused-ring (bicyclic) bond motifs is 4. The van der Waals surface area contributed by atoms with Gasteiger partial charge in [0.2, 0.25) is 0 Å². The molecule has 0 N–H and O–H groups in total. The van der Waals surface area contributed by atoms with Gasteiger partial charge in [-0.2, -0.15) is 0 Å². The Morgan fingerprint density at radius 2 is 1.11 bits per heavy atom. The van der Waals surface area contributed by atoms with Gasteiger partial charge >= 0.3 is 0 Å². The van der Waals surface area contributed by atoms with E-state index in [9.17, 15) is 0 Å². The molecule has 38 heavy (non-hydrogen) atoms. The first-order chi connectivity index (χ1) is 18.6. The molecular weight excluding hydrogens is 460 g/mol. The molecule has 5 aromatic carbocycles. The molecule has 0 aliphatic carbocycles. The van der Waals surface area contributed by atoms with Crippen LogP contribution in [0.15, 0.2) is 134 Å². The van der Waals surface area contributed by atoms with Gasteiger partial charge in [0.15, 0.2) is 0 Å². The first-order valence-electron chi connectivity index (χ1n) is 13.2. The molecule has 0 unspecified atom stereocenters. The van der Waals surface area contributed by atoms with Crippen molar-refractivity contribution in [3.05, 3.63) is 145 Å². The molecule has 2 heterocycles. The Balaban J connectivity index is 1.66.